The summed E-state index contributed by atoms with van der Waals surface area (Å²) < 4.78 is 0. The van der Waals surface area contributed by atoms with Crippen LogP contribution in [0.5, 0.6) is 0 Å². The highest BCUT2D eigenvalue weighted by atomic mass is 15.4. The molecule has 0 N–H and O–H groups in total. The fourth-order valence-electron chi connectivity index (χ4n) is 5.12. The van der Waals surface area contributed by atoms with E-state index >= 15 is 0 Å². The van der Waals surface area contributed by atoms with Gasteiger partial charge in [-0.3, -0.25) is 9.80 Å². The molecule has 0 radical (unpaired) electrons. The molecule has 5 rings (SSSR count). The van der Waals surface area contributed by atoms with Crippen LogP contribution in [0.15, 0.2) is 121 Å². The normalized spacial score (nSPS) is 19.9. The lowest BCUT2D eigenvalue weighted by atomic mass is 9.92. The number of nitrogens with zero attached hydrogens (tertiary/aromatic N) is 2. The van der Waals surface area contributed by atoms with Crippen molar-refractivity contribution in [1.82, 2.24) is 9.80 Å². The minimum Gasteiger partial charge on any atom is -0.275 e. The Kier molecular flexibility index (Phi) is 6.15. The molecule has 160 valence electrons. The van der Waals surface area contributed by atoms with Gasteiger partial charge in [-0.2, -0.15) is 0 Å². The van der Waals surface area contributed by atoms with E-state index < -0.39 is 0 Å². The van der Waals surface area contributed by atoms with Crippen LogP contribution in [0, 0.1) is 0 Å². The summed E-state index contributed by atoms with van der Waals surface area (Å²) in [5, 5.41) is 0. The number of rotatable bonds is 6. The highest BCUT2D eigenvalue weighted by molar-refractivity contribution is 5.31. The second kappa shape index (κ2) is 9.52. The molecule has 2 heteroatoms. The molecule has 0 aromatic heterocycles. The van der Waals surface area contributed by atoms with Crippen LogP contribution < -0.4 is 0 Å². The zero-order valence-electron chi connectivity index (χ0n) is 18.6. The molecule has 4 aromatic carbocycles. The van der Waals surface area contributed by atoms with Crippen molar-refractivity contribution in [2.24, 2.45) is 0 Å². The minimum absolute atomic E-state index is 0.275. The van der Waals surface area contributed by atoms with Gasteiger partial charge in [0.15, 0.2) is 0 Å². The largest absolute Gasteiger partial charge is 0.275 e. The average Bonchev–Trinajstić information content (AvgIpc) is 3.12. The van der Waals surface area contributed by atoms with Crippen LogP contribution in [-0.2, 0) is 13.1 Å². The first kappa shape index (κ1) is 20.7. The lowest BCUT2D eigenvalue weighted by Gasteiger charge is -2.29. The van der Waals surface area contributed by atoms with Crippen LogP contribution in [-0.4, -0.2) is 16.0 Å². The monoisotopic (exact) mass is 418 g/mol. The van der Waals surface area contributed by atoms with Crippen LogP contribution in [0.3, 0.4) is 0 Å². The van der Waals surface area contributed by atoms with Gasteiger partial charge >= 0.3 is 0 Å². The van der Waals surface area contributed by atoms with E-state index in [0.717, 1.165) is 13.1 Å². The van der Waals surface area contributed by atoms with Crippen molar-refractivity contribution >= 4 is 0 Å². The van der Waals surface area contributed by atoms with Gasteiger partial charge in [0.25, 0.3) is 0 Å². The van der Waals surface area contributed by atoms with Gasteiger partial charge in [-0.05, 0) is 29.2 Å². The van der Waals surface area contributed by atoms with Gasteiger partial charge in [-0.15, -0.1) is 0 Å². The number of hydrogen-bond acceptors (Lipinski definition) is 2. The Balaban J connectivity index is 1.60. The Morgan fingerprint density at radius 3 is 1.12 bits per heavy atom. The molecule has 0 amide bonds. The first-order valence-corrected chi connectivity index (χ1v) is 11.5. The quantitative estimate of drug-likeness (QED) is 0.338. The van der Waals surface area contributed by atoms with Crippen LogP contribution in [0.2, 0.25) is 0 Å². The van der Waals surface area contributed by atoms with Gasteiger partial charge in [0.05, 0.1) is 18.2 Å². The molecule has 1 fully saturated rings. The Hall–Kier alpha value is -3.20. The summed E-state index contributed by atoms with van der Waals surface area (Å²) >= 11 is 0. The molecule has 0 aliphatic carbocycles. The van der Waals surface area contributed by atoms with Crippen molar-refractivity contribution in [2.45, 2.75) is 38.3 Å². The highest BCUT2D eigenvalue weighted by Crippen LogP contribution is 2.48. The summed E-state index contributed by atoms with van der Waals surface area (Å²) in [6, 6.07) is 44.3. The Labute approximate surface area is 191 Å². The second-order valence-electron chi connectivity index (χ2n) is 8.66. The maximum absolute atomic E-state index is 2.67. The number of benzene rings is 4. The molecule has 1 aliphatic heterocycles. The molecule has 4 aromatic rings. The third-order valence-corrected chi connectivity index (χ3v) is 6.67. The Morgan fingerprint density at radius 2 is 0.781 bits per heavy atom. The highest BCUT2D eigenvalue weighted by Gasteiger charge is 2.46. The second-order valence-corrected chi connectivity index (χ2v) is 8.66. The maximum Gasteiger partial charge on any atom is 0.0612 e. The zero-order valence-corrected chi connectivity index (χ0v) is 18.6. The van der Waals surface area contributed by atoms with Gasteiger partial charge in [-0.25, -0.2) is 0 Å². The van der Waals surface area contributed by atoms with E-state index in [1.54, 1.807) is 0 Å². The van der Waals surface area contributed by atoms with E-state index in [-0.39, 0.29) is 12.1 Å². The summed E-state index contributed by atoms with van der Waals surface area (Å²) in [4.78, 5) is 5.34. The van der Waals surface area contributed by atoms with Crippen molar-refractivity contribution in [3.8, 4) is 0 Å². The SMILES string of the molecule is CC1N(Cc2ccccc2)[C@@H](c2ccccc2)[C@H](c2ccccc2)N1Cc1ccccc1. The summed E-state index contributed by atoms with van der Waals surface area (Å²) in [6.07, 6.45) is 0.297. The number of hydrogen-bond donors (Lipinski definition) is 0. The third-order valence-electron chi connectivity index (χ3n) is 6.67. The first-order valence-electron chi connectivity index (χ1n) is 11.5. The molecule has 0 unspecified atom stereocenters. The molecule has 32 heavy (non-hydrogen) atoms. The molecule has 0 spiro atoms. The molecule has 2 nitrogen and oxygen atoms in total. The maximum atomic E-state index is 2.67. The van der Waals surface area contributed by atoms with Crippen LogP contribution in [0.1, 0.15) is 41.3 Å². The molecule has 0 saturated carbocycles. The summed E-state index contributed by atoms with van der Waals surface area (Å²) in [7, 11) is 0. The smallest absolute Gasteiger partial charge is 0.0612 e. The standard InChI is InChI=1S/C30H30N2/c1-24-31(22-25-14-6-2-7-15-25)29(27-18-10-4-11-19-27)30(28-20-12-5-13-21-28)32(24)23-26-16-8-3-9-17-26/h2-21,24,29-30H,22-23H2,1H3/t29-,30-/m0/s1. The van der Waals surface area contributed by atoms with Gasteiger partial charge in [0, 0.05) is 13.1 Å². The lowest BCUT2D eigenvalue weighted by molar-refractivity contribution is 0.117. The van der Waals surface area contributed by atoms with Crippen molar-refractivity contribution in [1.29, 1.82) is 0 Å². The molecule has 1 saturated heterocycles. The molecule has 0 bridgehead atoms. The average molecular weight is 419 g/mol. The van der Waals surface area contributed by atoms with E-state index in [1.165, 1.54) is 22.3 Å². The molecule has 1 heterocycles. The first-order chi connectivity index (χ1) is 15.8. The lowest BCUT2D eigenvalue weighted by Crippen LogP contribution is -2.36. The summed E-state index contributed by atoms with van der Waals surface area (Å²) in [5.41, 5.74) is 5.46. The van der Waals surface area contributed by atoms with Crippen molar-refractivity contribution < 1.29 is 0 Å². The van der Waals surface area contributed by atoms with Crippen molar-refractivity contribution in [3.63, 3.8) is 0 Å². The topological polar surface area (TPSA) is 6.48 Å². The van der Waals surface area contributed by atoms with Gasteiger partial charge in [0.2, 0.25) is 0 Å². The minimum atomic E-state index is 0.275. The van der Waals surface area contributed by atoms with E-state index in [4.69, 9.17) is 0 Å². The summed E-state index contributed by atoms with van der Waals surface area (Å²) in [5.74, 6) is 0. The van der Waals surface area contributed by atoms with Crippen LogP contribution in [0.25, 0.3) is 0 Å². The zero-order chi connectivity index (χ0) is 21.8. The molecule has 2 atom stereocenters. The van der Waals surface area contributed by atoms with E-state index in [2.05, 4.69) is 138 Å². The van der Waals surface area contributed by atoms with Gasteiger partial charge in [0.1, 0.15) is 0 Å². The van der Waals surface area contributed by atoms with Crippen molar-refractivity contribution in [3.05, 3.63) is 144 Å². The fourth-order valence-corrected chi connectivity index (χ4v) is 5.12. The Bertz CT molecular complexity index is 1010. The van der Waals surface area contributed by atoms with Gasteiger partial charge < -0.3 is 0 Å². The van der Waals surface area contributed by atoms with Gasteiger partial charge in [-0.1, -0.05) is 121 Å². The van der Waals surface area contributed by atoms with Crippen LogP contribution >= 0.6 is 0 Å². The predicted octanol–water partition coefficient (Wildman–Crippen LogP) is 6.83. The molecular formula is C30H30N2. The fraction of sp³-hybridized carbons (Fsp3) is 0.200. The molecular weight excluding hydrogens is 388 g/mol. The predicted molar refractivity (Wildman–Crippen MR) is 132 cm³/mol. The van der Waals surface area contributed by atoms with Crippen molar-refractivity contribution in [2.75, 3.05) is 0 Å². The van der Waals surface area contributed by atoms with E-state index in [9.17, 15) is 0 Å². The molecule has 1 aliphatic rings. The van der Waals surface area contributed by atoms with Crippen LogP contribution in [0.4, 0.5) is 0 Å². The Morgan fingerprint density at radius 1 is 0.469 bits per heavy atom. The summed E-state index contributed by atoms with van der Waals surface area (Å²) in [6.45, 7) is 4.22. The third kappa shape index (κ3) is 4.25. The van der Waals surface area contributed by atoms with E-state index in [0.29, 0.717) is 6.17 Å². The van der Waals surface area contributed by atoms with E-state index in [1.807, 2.05) is 0 Å².